The summed E-state index contributed by atoms with van der Waals surface area (Å²) in [6.07, 6.45) is 0. The Kier molecular flexibility index (Phi) is 2.46. The van der Waals surface area contributed by atoms with E-state index in [2.05, 4.69) is 38.0 Å². The first-order valence-corrected chi connectivity index (χ1v) is 6.41. The van der Waals surface area contributed by atoms with E-state index in [4.69, 9.17) is 11.6 Å². The van der Waals surface area contributed by atoms with Crippen LogP contribution >= 0.6 is 27.5 Å². The van der Waals surface area contributed by atoms with E-state index in [-0.39, 0.29) is 0 Å². The minimum atomic E-state index is 0.397. The molecule has 1 aliphatic heterocycles. The van der Waals surface area contributed by atoms with Gasteiger partial charge in [0.25, 0.3) is 0 Å². The quantitative estimate of drug-likeness (QED) is 0.810. The maximum absolute atomic E-state index is 6.12. The predicted octanol–water partition coefficient (Wildman–Crippen LogP) is 3.12. The maximum atomic E-state index is 6.12. The van der Waals surface area contributed by atoms with Crippen LogP contribution in [0.15, 0.2) is 16.6 Å². The Morgan fingerprint density at radius 1 is 1.56 bits per heavy atom. The Labute approximate surface area is 107 Å². The van der Waals surface area contributed by atoms with Gasteiger partial charge in [0.05, 0.1) is 22.3 Å². The SMILES string of the molecule is C[C@@H]1CNCc2c3cc(Cl)c(Br)cc3nn21. The number of hydrogen-bond acceptors (Lipinski definition) is 2. The third-order valence-electron chi connectivity index (χ3n) is 2.99. The lowest BCUT2D eigenvalue weighted by molar-refractivity contribution is 0.395. The molecule has 16 heavy (non-hydrogen) atoms. The van der Waals surface area contributed by atoms with Gasteiger partial charge in [-0.15, -0.1) is 0 Å². The van der Waals surface area contributed by atoms with Crippen molar-refractivity contribution in [3.05, 3.63) is 27.3 Å². The molecule has 0 bridgehead atoms. The molecule has 1 aromatic heterocycles. The van der Waals surface area contributed by atoms with Gasteiger partial charge >= 0.3 is 0 Å². The normalized spacial score (nSPS) is 20.1. The molecular weight excluding hydrogens is 289 g/mol. The van der Waals surface area contributed by atoms with Crippen molar-refractivity contribution in [3.63, 3.8) is 0 Å². The van der Waals surface area contributed by atoms with Crippen LogP contribution in [0.3, 0.4) is 0 Å². The van der Waals surface area contributed by atoms with E-state index < -0.39 is 0 Å². The molecule has 1 atom stereocenters. The first kappa shape index (κ1) is 10.6. The highest BCUT2D eigenvalue weighted by Crippen LogP contribution is 2.31. The van der Waals surface area contributed by atoms with Gasteiger partial charge in [-0.05, 0) is 35.0 Å². The Morgan fingerprint density at radius 2 is 2.38 bits per heavy atom. The number of rotatable bonds is 0. The number of hydrogen-bond donors (Lipinski definition) is 1. The van der Waals surface area contributed by atoms with Gasteiger partial charge in [-0.1, -0.05) is 11.6 Å². The number of nitrogens with one attached hydrogen (secondary N) is 1. The Balaban J connectivity index is 2.32. The topological polar surface area (TPSA) is 29.9 Å². The second-order valence-corrected chi connectivity index (χ2v) is 5.42. The monoisotopic (exact) mass is 299 g/mol. The molecule has 1 N–H and O–H groups in total. The van der Waals surface area contributed by atoms with Gasteiger partial charge in [0.1, 0.15) is 0 Å². The summed E-state index contributed by atoms with van der Waals surface area (Å²) in [4.78, 5) is 0. The highest BCUT2D eigenvalue weighted by Gasteiger charge is 2.20. The standard InChI is InChI=1S/C11H11BrClN3/c1-6-4-14-5-11-7-2-9(13)8(12)3-10(7)15-16(6)11/h2-3,6,14H,4-5H2,1H3/t6-/m1/s1. The van der Waals surface area contributed by atoms with Crippen LogP contribution in [-0.2, 0) is 6.54 Å². The van der Waals surface area contributed by atoms with E-state index in [9.17, 15) is 0 Å². The first-order valence-electron chi connectivity index (χ1n) is 5.23. The Bertz CT molecular complexity index is 564. The van der Waals surface area contributed by atoms with Crippen molar-refractivity contribution >= 4 is 38.4 Å². The van der Waals surface area contributed by atoms with Gasteiger partial charge < -0.3 is 5.32 Å². The molecule has 1 aliphatic rings. The van der Waals surface area contributed by atoms with Crippen LogP contribution in [0.1, 0.15) is 18.7 Å². The molecule has 2 aromatic rings. The lowest BCUT2D eigenvalue weighted by atomic mass is 10.1. The Hall–Kier alpha value is -0.580. The van der Waals surface area contributed by atoms with Crippen molar-refractivity contribution in [2.24, 2.45) is 0 Å². The van der Waals surface area contributed by atoms with Gasteiger partial charge in [-0.2, -0.15) is 5.10 Å². The average Bonchev–Trinajstić information content (AvgIpc) is 2.59. The van der Waals surface area contributed by atoms with Crippen molar-refractivity contribution < 1.29 is 0 Å². The minimum absolute atomic E-state index is 0.397. The van der Waals surface area contributed by atoms with Crippen molar-refractivity contribution in [1.29, 1.82) is 0 Å². The van der Waals surface area contributed by atoms with Crippen LogP contribution in [0.5, 0.6) is 0 Å². The molecule has 0 saturated heterocycles. The van der Waals surface area contributed by atoms with E-state index in [0.29, 0.717) is 6.04 Å². The van der Waals surface area contributed by atoms with Crippen LogP contribution in [-0.4, -0.2) is 16.3 Å². The van der Waals surface area contributed by atoms with Gasteiger partial charge in [-0.3, -0.25) is 4.68 Å². The molecule has 0 fully saturated rings. The lowest BCUT2D eigenvalue weighted by Crippen LogP contribution is -2.31. The summed E-state index contributed by atoms with van der Waals surface area (Å²) < 4.78 is 3.00. The van der Waals surface area contributed by atoms with Crippen LogP contribution < -0.4 is 5.32 Å². The van der Waals surface area contributed by atoms with Crippen LogP contribution in [0, 0.1) is 0 Å². The van der Waals surface area contributed by atoms with Gasteiger partial charge in [0.15, 0.2) is 0 Å². The largest absolute Gasteiger partial charge is 0.309 e. The molecule has 0 aliphatic carbocycles. The van der Waals surface area contributed by atoms with Crippen LogP contribution in [0.2, 0.25) is 5.02 Å². The molecule has 3 rings (SSSR count). The molecule has 84 valence electrons. The predicted molar refractivity (Wildman–Crippen MR) is 68.9 cm³/mol. The fourth-order valence-corrected chi connectivity index (χ4v) is 2.67. The average molecular weight is 301 g/mol. The maximum Gasteiger partial charge on any atom is 0.0939 e. The first-order chi connectivity index (χ1) is 7.66. The number of benzene rings is 1. The van der Waals surface area contributed by atoms with Crippen molar-refractivity contribution in [3.8, 4) is 0 Å². The van der Waals surface area contributed by atoms with E-state index in [1.165, 1.54) is 5.69 Å². The minimum Gasteiger partial charge on any atom is -0.309 e. The van der Waals surface area contributed by atoms with Gasteiger partial charge in [-0.25, -0.2) is 0 Å². The summed E-state index contributed by atoms with van der Waals surface area (Å²) in [5.41, 5.74) is 2.23. The number of halogens is 2. The summed E-state index contributed by atoms with van der Waals surface area (Å²) >= 11 is 9.55. The third-order valence-corrected chi connectivity index (χ3v) is 4.19. The fraction of sp³-hybridized carbons (Fsp3) is 0.364. The zero-order valence-electron chi connectivity index (χ0n) is 8.80. The second kappa shape index (κ2) is 3.72. The van der Waals surface area contributed by atoms with Crippen molar-refractivity contribution in [2.45, 2.75) is 19.5 Å². The molecule has 0 saturated carbocycles. The third kappa shape index (κ3) is 1.48. The molecule has 3 nitrogen and oxygen atoms in total. The highest BCUT2D eigenvalue weighted by molar-refractivity contribution is 9.10. The van der Waals surface area contributed by atoms with Crippen molar-refractivity contribution in [1.82, 2.24) is 15.1 Å². The summed E-state index contributed by atoms with van der Waals surface area (Å²) in [6.45, 7) is 3.99. The molecular formula is C11H11BrClN3. The highest BCUT2D eigenvalue weighted by atomic mass is 79.9. The second-order valence-electron chi connectivity index (χ2n) is 4.15. The van der Waals surface area contributed by atoms with E-state index in [0.717, 1.165) is 33.5 Å². The molecule has 0 spiro atoms. The molecule has 1 aromatic carbocycles. The molecule has 0 amide bonds. The van der Waals surface area contributed by atoms with Crippen LogP contribution in [0.4, 0.5) is 0 Å². The lowest BCUT2D eigenvalue weighted by Gasteiger charge is -2.22. The van der Waals surface area contributed by atoms with Crippen LogP contribution in [0.25, 0.3) is 10.9 Å². The number of nitrogens with zero attached hydrogens (tertiary/aromatic N) is 2. The zero-order valence-corrected chi connectivity index (χ0v) is 11.1. The molecule has 5 heteroatoms. The van der Waals surface area contributed by atoms with E-state index >= 15 is 0 Å². The molecule has 0 radical (unpaired) electrons. The van der Waals surface area contributed by atoms with E-state index in [1.807, 2.05) is 12.1 Å². The Morgan fingerprint density at radius 3 is 3.19 bits per heavy atom. The van der Waals surface area contributed by atoms with Crippen molar-refractivity contribution in [2.75, 3.05) is 6.54 Å². The van der Waals surface area contributed by atoms with Gasteiger partial charge in [0.2, 0.25) is 0 Å². The smallest absolute Gasteiger partial charge is 0.0939 e. The molecule has 2 heterocycles. The molecule has 0 unspecified atom stereocenters. The van der Waals surface area contributed by atoms with E-state index in [1.54, 1.807) is 0 Å². The summed E-state index contributed by atoms with van der Waals surface area (Å²) in [5, 5.41) is 9.89. The number of aromatic nitrogens is 2. The zero-order chi connectivity index (χ0) is 11.3. The summed E-state index contributed by atoms with van der Waals surface area (Å²) in [7, 11) is 0. The fourth-order valence-electron chi connectivity index (χ4n) is 2.18. The summed E-state index contributed by atoms with van der Waals surface area (Å²) in [6, 6.07) is 4.36. The van der Waals surface area contributed by atoms with Gasteiger partial charge in [0, 0.05) is 22.9 Å². The summed E-state index contributed by atoms with van der Waals surface area (Å²) in [5.74, 6) is 0. The number of fused-ring (bicyclic) bond motifs is 3.